The zero-order chi connectivity index (χ0) is 16.0. The molecule has 0 amide bonds. The number of ether oxygens (including phenoxy) is 1. The van der Waals surface area contributed by atoms with E-state index in [0.717, 1.165) is 16.9 Å². The highest BCUT2D eigenvalue weighted by Gasteiger charge is 2.10. The molecule has 5 heteroatoms. The van der Waals surface area contributed by atoms with Gasteiger partial charge >= 0.3 is 0 Å². The van der Waals surface area contributed by atoms with Crippen LogP contribution in [0.4, 0.5) is 0 Å². The molecule has 0 saturated carbocycles. The molecule has 4 nitrogen and oxygen atoms in total. The van der Waals surface area contributed by atoms with E-state index in [0.29, 0.717) is 19.6 Å². The van der Waals surface area contributed by atoms with Crippen LogP contribution < -0.4 is 4.74 Å². The maximum absolute atomic E-state index is 11.4. The van der Waals surface area contributed by atoms with Crippen LogP contribution >= 0.6 is 0 Å². The Morgan fingerprint density at radius 1 is 1.00 bits per heavy atom. The molecule has 118 valence electrons. The highest BCUT2D eigenvalue weighted by atomic mass is 32.2. The van der Waals surface area contributed by atoms with Crippen molar-refractivity contribution < 1.29 is 13.2 Å². The highest BCUT2D eigenvalue weighted by molar-refractivity contribution is 7.88. The molecule has 0 radical (unpaired) electrons. The molecule has 2 rings (SSSR count). The lowest BCUT2D eigenvalue weighted by atomic mass is 10.1. The molecule has 0 aliphatic carbocycles. The topological polar surface area (TPSA) is 46.6 Å². The van der Waals surface area contributed by atoms with E-state index < -0.39 is 10.0 Å². The van der Waals surface area contributed by atoms with Crippen LogP contribution in [0.3, 0.4) is 0 Å². The molecule has 0 spiro atoms. The van der Waals surface area contributed by atoms with Crippen LogP contribution in [0.15, 0.2) is 54.6 Å². The van der Waals surface area contributed by atoms with Gasteiger partial charge in [-0.2, -0.15) is 0 Å². The molecule has 2 aromatic rings. The van der Waals surface area contributed by atoms with Crippen molar-refractivity contribution in [2.24, 2.45) is 0 Å². The SMILES string of the molecule is CN(CCc1cccc(OCc2ccccc2)c1)S(C)(=O)=O. The lowest BCUT2D eigenvalue weighted by Crippen LogP contribution is -2.27. The number of hydrogen-bond donors (Lipinski definition) is 0. The fraction of sp³-hybridized carbons (Fsp3) is 0.294. The Kier molecular flexibility index (Phi) is 5.57. The Bertz CT molecular complexity index is 699. The van der Waals surface area contributed by atoms with E-state index in [1.165, 1.54) is 10.6 Å². The maximum Gasteiger partial charge on any atom is 0.210 e. The van der Waals surface area contributed by atoms with Gasteiger partial charge in [0.05, 0.1) is 6.26 Å². The standard InChI is InChI=1S/C17H21NO3S/c1-18(22(2,19)20)12-11-15-9-6-10-17(13-15)21-14-16-7-4-3-5-8-16/h3-10,13H,11-12,14H2,1-2H3. The van der Waals surface area contributed by atoms with Gasteiger partial charge in [-0.1, -0.05) is 42.5 Å². The van der Waals surface area contributed by atoms with Crippen molar-refractivity contribution in [1.29, 1.82) is 0 Å². The van der Waals surface area contributed by atoms with Gasteiger partial charge in [0.25, 0.3) is 0 Å². The minimum Gasteiger partial charge on any atom is -0.489 e. The van der Waals surface area contributed by atoms with Crippen LogP contribution in [0, 0.1) is 0 Å². The number of benzene rings is 2. The van der Waals surface area contributed by atoms with Gasteiger partial charge in [-0.15, -0.1) is 0 Å². The number of nitrogens with zero attached hydrogens (tertiary/aromatic N) is 1. The first-order valence-electron chi connectivity index (χ1n) is 7.12. The summed E-state index contributed by atoms with van der Waals surface area (Å²) in [5, 5.41) is 0. The number of likely N-dealkylation sites (N-methyl/N-ethyl adjacent to an activating group) is 1. The van der Waals surface area contributed by atoms with Gasteiger partial charge in [0.15, 0.2) is 0 Å². The van der Waals surface area contributed by atoms with Gasteiger partial charge in [0, 0.05) is 13.6 Å². The van der Waals surface area contributed by atoms with E-state index >= 15 is 0 Å². The smallest absolute Gasteiger partial charge is 0.210 e. The summed E-state index contributed by atoms with van der Waals surface area (Å²) in [6, 6.07) is 17.7. The van der Waals surface area contributed by atoms with Crippen LogP contribution in [0.5, 0.6) is 5.75 Å². The third-order valence-electron chi connectivity index (χ3n) is 3.43. The second-order valence-corrected chi connectivity index (χ2v) is 7.35. The van der Waals surface area contributed by atoms with Crippen LogP contribution in [-0.4, -0.2) is 32.6 Å². The second-order valence-electron chi connectivity index (χ2n) is 5.26. The van der Waals surface area contributed by atoms with Crippen LogP contribution in [0.25, 0.3) is 0 Å². The fourth-order valence-electron chi connectivity index (χ4n) is 1.98. The van der Waals surface area contributed by atoms with E-state index in [1.807, 2.05) is 54.6 Å². The molecule has 0 aliphatic heterocycles. The number of sulfonamides is 1. The van der Waals surface area contributed by atoms with Crippen molar-refractivity contribution in [3.8, 4) is 5.75 Å². The molecule has 0 bridgehead atoms. The van der Waals surface area contributed by atoms with Gasteiger partial charge < -0.3 is 4.74 Å². The van der Waals surface area contributed by atoms with Crippen molar-refractivity contribution in [2.75, 3.05) is 19.8 Å². The van der Waals surface area contributed by atoms with Gasteiger partial charge in [-0.05, 0) is 29.7 Å². The van der Waals surface area contributed by atoms with Crippen LogP contribution in [0.1, 0.15) is 11.1 Å². The van der Waals surface area contributed by atoms with E-state index in [2.05, 4.69) is 0 Å². The first kappa shape index (κ1) is 16.5. The van der Waals surface area contributed by atoms with Gasteiger partial charge in [-0.25, -0.2) is 12.7 Å². The molecule has 0 fully saturated rings. The molecule has 0 N–H and O–H groups in total. The highest BCUT2D eigenvalue weighted by Crippen LogP contribution is 2.16. The minimum atomic E-state index is -3.13. The fourth-order valence-corrected chi connectivity index (χ4v) is 2.41. The van der Waals surface area contributed by atoms with E-state index in [9.17, 15) is 8.42 Å². The predicted octanol–water partition coefficient (Wildman–Crippen LogP) is 2.70. The third kappa shape index (κ3) is 5.16. The van der Waals surface area contributed by atoms with E-state index in [-0.39, 0.29) is 0 Å². The van der Waals surface area contributed by atoms with E-state index in [4.69, 9.17) is 4.74 Å². The Morgan fingerprint density at radius 3 is 2.36 bits per heavy atom. The first-order chi connectivity index (χ1) is 10.4. The van der Waals surface area contributed by atoms with Gasteiger partial charge in [0.1, 0.15) is 12.4 Å². The molecular formula is C17H21NO3S. The Hall–Kier alpha value is -1.85. The molecule has 0 unspecified atom stereocenters. The first-order valence-corrected chi connectivity index (χ1v) is 8.97. The maximum atomic E-state index is 11.4. The average Bonchev–Trinajstić information content (AvgIpc) is 2.51. The summed E-state index contributed by atoms with van der Waals surface area (Å²) in [5.41, 5.74) is 2.17. The summed E-state index contributed by atoms with van der Waals surface area (Å²) < 4.78 is 29.9. The van der Waals surface area contributed by atoms with Crippen molar-refractivity contribution in [3.63, 3.8) is 0 Å². The molecule has 0 atom stereocenters. The zero-order valence-electron chi connectivity index (χ0n) is 12.9. The average molecular weight is 319 g/mol. The van der Waals surface area contributed by atoms with E-state index in [1.54, 1.807) is 7.05 Å². The van der Waals surface area contributed by atoms with Crippen LogP contribution in [-0.2, 0) is 23.1 Å². The lowest BCUT2D eigenvalue weighted by molar-refractivity contribution is 0.306. The summed E-state index contributed by atoms with van der Waals surface area (Å²) in [6.45, 7) is 0.981. The van der Waals surface area contributed by atoms with Gasteiger partial charge in [0.2, 0.25) is 10.0 Å². The zero-order valence-corrected chi connectivity index (χ0v) is 13.7. The number of hydrogen-bond acceptors (Lipinski definition) is 3. The molecule has 22 heavy (non-hydrogen) atoms. The minimum absolute atomic E-state index is 0.459. The largest absolute Gasteiger partial charge is 0.489 e. The summed E-state index contributed by atoms with van der Waals surface area (Å²) in [4.78, 5) is 0. The van der Waals surface area contributed by atoms with Crippen molar-refractivity contribution >= 4 is 10.0 Å². The van der Waals surface area contributed by atoms with Crippen molar-refractivity contribution in [2.45, 2.75) is 13.0 Å². The second kappa shape index (κ2) is 7.42. The summed E-state index contributed by atoms with van der Waals surface area (Å²) in [5.74, 6) is 0.795. The summed E-state index contributed by atoms with van der Waals surface area (Å²) >= 11 is 0. The monoisotopic (exact) mass is 319 g/mol. The molecule has 0 saturated heterocycles. The molecule has 0 aliphatic rings. The molecular weight excluding hydrogens is 298 g/mol. The van der Waals surface area contributed by atoms with Crippen molar-refractivity contribution in [1.82, 2.24) is 4.31 Å². The number of rotatable bonds is 7. The Labute approximate surface area is 132 Å². The normalized spacial score (nSPS) is 11.6. The predicted molar refractivity (Wildman–Crippen MR) is 88.4 cm³/mol. The van der Waals surface area contributed by atoms with Crippen LogP contribution in [0.2, 0.25) is 0 Å². The lowest BCUT2D eigenvalue weighted by Gasteiger charge is -2.14. The van der Waals surface area contributed by atoms with Crippen molar-refractivity contribution in [3.05, 3.63) is 65.7 Å². The quantitative estimate of drug-likeness (QED) is 0.788. The Balaban J connectivity index is 1.92. The summed E-state index contributed by atoms with van der Waals surface area (Å²) in [6.07, 6.45) is 1.87. The summed E-state index contributed by atoms with van der Waals surface area (Å²) in [7, 11) is -1.54. The molecule has 0 heterocycles. The van der Waals surface area contributed by atoms with Gasteiger partial charge in [-0.3, -0.25) is 0 Å². The third-order valence-corrected chi connectivity index (χ3v) is 4.74. The molecule has 0 aromatic heterocycles. The Morgan fingerprint density at radius 2 is 1.68 bits per heavy atom. The molecule has 2 aromatic carbocycles.